The fourth-order valence-corrected chi connectivity index (χ4v) is 5.69. The van der Waals surface area contributed by atoms with Crippen LogP contribution >= 0.6 is 11.3 Å². The second kappa shape index (κ2) is 11.3. The van der Waals surface area contributed by atoms with Crippen LogP contribution in [0, 0.1) is 0 Å². The summed E-state index contributed by atoms with van der Waals surface area (Å²) in [4.78, 5) is 43.4. The van der Waals surface area contributed by atoms with Gasteiger partial charge in [-0.05, 0) is 56.3 Å². The average Bonchev–Trinajstić information content (AvgIpc) is 3.56. The number of allylic oxidation sites excluding steroid dienone is 1. The van der Waals surface area contributed by atoms with E-state index in [-0.39, 0.29) is 23.3 Å². The molecule has 0 bridgehead atoms. The highest BCUT2D eigenvalue weighted by Gasteiger charge is 2.35. The molecule has 0 amide bonds. The van der Waals surface area contributed by atoms with Crippen molar-refractivity contribution in [3.05, 3.63) is 102 Å². The summed E-state index contributed by atoms with van der Waals surface area (Å²) in [6, 6.07) is 14.1. The molecule has 0 radical (unpaired) electrons. The van der Waals surface area contributed by atoms with E-state index in [0.29, 0.717) is 49.2 Å². The number of carbonyl (C=O) groups excluding carboxylic acids is 1. The van der Waals surface area contributed by atoms with Gasteiger partial charge < -0.3 is 23.7 Å². The molecule has 4 aromatic rings. The van der Waals surface area contributed by atoms with E-state index in [1.54, 1.807) is 62.4 Å². The van der Waals surface area contributed by atoms with E-state index in [1.165, 1.54) is 30.9 Å². The zero-order valence-electron chi connectivity index (χ0n) is 22.7. The number of furan rings is 1. The van der Waals surface area contributed by atoms with Crippen LogP contribution in [-0.2, 0) is 9.53 Å². The molecule has 0 aliphatic carbocycles. The number of rotatable bonds is 8. The van der Waals surface area contributed by atoms with E-state index in [9.17, 15) is 19.5 Å². The fraction of sp³-hybridized carbons (Fsp3) is 0.200. The van der Waals surface area contributed by atoms with Crippen molar-refractivity contribution in [2.45, 2.75) is 19.9 Å². The Hall–Kier alpha value is -4.90. The SMILES string of the molecule is CCOC(=O)C1=C(C)N=c2s/c(=C/c3ccc(-c4cccc(C(=O)O)c4)o3)c(=O)n2[C@H]1c1cc(OC)ccc1OC. The van der Waals surface area contributed by atoms with Crippen molar-refractivity contribution in [1.82, 2.24) is 4.57 Å². The van der Waals surface area contributed by atoms with Gasteiger partial charge in [0.25, 0.3) is 5.56 Å². The van der Waals surface area contributed by atoms with Crippen LogP contribution in [-0.4, -0.2) is 42.4 Å². The van der Waals surface area contributed by atoms with Gasteiger partial charge in [0.15, 0.2) is 4.80 Å². The van der Waals surface area contributed by atoms with Gasteiger partial charge in [-0.3, -0.25) is 9.36 Å². The molecule has 41 heavy (non-hydrogen) atoms. The number of aromatic carboxylic acids is 1. The second-order valence-electron chi connectivity index (χ2n) is 9.00. The molecule has 0 fully saturated rings. The standard InChI is InChI=1S/C30H26N2O8S/c1-5-39-29(36)25-16(2)31-30-32(26(25)21-14-19(37-3)9-12-23(21)38-4)27(33)24(41-30)15-20-10-11-22(40-20)17-7-6-8-18(13-17)28(34)35/h6-15,26H,5H2,1-4H3,(H,34,35)/b24-15+/t26-/m0/s1. The number of hydrogen-bond donors (Lipinski definition) is 1. The molecule has 2 aromatic heterocycles. The zero-order chi connectivity index (χ0) is 29.3. The molecule has 1 N–H and O–H groups in total. The Morgan fingerprint density at radius 2 is 1.93 bits per heavy atom. The van der Waals surface area contributed by atoms with Crippen molar-refractivity contribution in [3.8, 4) is 22.8 Å². The van der Waals surface area contributed by atoms with Gasteiger partial charge in [-0.2, -0.15) is 0 Å². The maximum atomic E-state index is 13.9. The number of carboxylic acids is 1. The molecule has 0 saturated heterocycles. The summed E-state index contributed by atoms with van der Waals surface area (Å²) in [5, 5.41) is 9.31. The van der Waals surface area contributed by atoms with Gasteiger partial charge in [-0.25, -0.2) is 14.6 Å². The molecule has 1 atom stereocenters. The van der Waals surface area contributed by atoms with Crippen molar-refractivity contribution < 1.29 is 33.3 Å². The number of esters is 1. The smallest absolute Gasteiger partial charge is 0.338 e. The Bertz CT molecular complexity index is 1880. The molecule has 10 nitrogen and oxygen atoms in total. The number of hydrogen-bond acceptors (Lipinski definition) is 9. The molecule has 0 saturated carbocycles. The maximum absolute atomic E-state index is 13.9. The topological polar surface area (TPSA) is 130 Å². The summed E-state index contributed by atoms with van der Waals surface area (Å²) in [5.74, 6) is 0.197. The molecule has 0 unspecified atom stereocenters. The van der Waals surface area contributed by atoms with E-state index in [0.717, 1.165) is 11.3 Å². The molecule has 210 valence electrons. The lowest BCUT2D eigenvalue weighted by atomic mass is 9.95. The first-order valence-corrected chi connectivity index (χ1v) is 13.4. The molecule has 0 spiro atoms. The third-order valence-corrected chi connectivity index (χ3v) is 7.53. The second-order valence-corrected chi connectivity index (χ2v) is 10.0. The first kappa shape index (κ1) is 27.7. The summed E-state index contributed by atoms with van der Waals surface area (Å²) in [6.07, 6.45) is 1.59. The monoisotopic (exact) mass is 574 g/mol. The molecular weight excluding hydrogens is 548 g/mol. The number of ether oxygens (including phenoxy) is 3. The van der Waals surface area contributed by atoms with E-state index in [1.807, 2.05) is 0 Å². The zero-order valence-corrected chi connectivity index (χ0v) is 23.5. The van der Waals surface area contributed by atoms with Crippen LogP contribution in [0.5, 0.6) is 11.5 Å². The van der Waals surface area contributed by atoms with Gasteiger partial charge >= 0.3 is 11.9 Å². The first-order chi connectivity index (χ1) is 19.7. The third kappa shape index (κ3) is 5.19. The van der Waals surface area contributed by atoms with Crippen molar-refractivity contribution in [2.75, 3.05) is 20.8 Å². The Morgan fingerprint density at radius 1 is 1.12 bits per heavy atom. The van der Waals surface area contributed by atoms with Crippen molar-refractivity contribution >= 4 is 29.4 Å². The summed E-state index contributed by atoms with van der Waals surface area (Å²) in [6.45, 7) is 3.56. The van der Waals surface area contributed by atoms with Crippen LogP contribution in [0.3, 0.4) is 0 Å². The van der Waals surface area contributed by atoms with E-state index in [2.05, 4.69) is 4.99 Å². The predicted molar refractivity (Wildman–Crippen MR) is 151 cm³/mol. The van der Waals surface area contributed by atoms with Gasteiger partial charge in [-0.1, -0.05) is 23.5 Å². The predicted octanol–water partition coefficient (Wildman–Crippen LogP) is 3.77. The minimum Gasteiger partial charge on any atom is -0.497 e. The minimum atomic E-state index is -1.04. The third-order valence-electron chi connectivity index (χ3n) is 6.54. The highest BCUT2D eigenvalue weighted by atomic mass is 32.1. The number of methoxy groups -OCH3 is 2. The van der Waals surface area contributed by atoms with Gasteiger partial charge in [0.05, 0.1) is 42.2 Å². The molecule has 1 aliphatic rings. The van der Waals surface area contributed by atoms with Crippen LogP contribution in [0.25, 0.3) is 17.4 Å². The summed E-state index contributed by atoms with van der Waals surface area (Å²) < 4.78 is 24.1. The Morgan fingerprint density at radius 3 is 2.63 bits per heavy atom. The van der Waals surface area contributed by atoms with Gasteiger partial charge in [0, 0.05) is 17.2 Å². The van der Waals surface area contributed by atoms with Crippen molar-refractivity contribution in [1.29, 1.82) is 0 Å². The van der Waals surface area contributed by atoms with Crippen LogP contribution in [0.2, 0.25) is 0 Å². The number of benzene rings is 2. The summed E-state index contributed by atoms with van der Waals surface area (Å²) in [5.41, 5.74) is 1.51. The van der Waals surface area contributed by atoms with Crippen molar-refractivity contribution in [3.63, 3.8) is 0 Å². The van der Waals surface area contributed by atoms with Crippen LogP contribution in [0.1, 0.15) is 41.6 Å². The normalized spacial score (nSPS) is 14.8. The fourth-order valence-electron chi connectivity index (χ4n) is 4.66. The summed E-state index contributed by atoms with van der Waals surface area (Å²) >= 11 is 1.15. The molecule has 3 heterocycles. The van der Waals surface area contributed by atoms with Crippen LogP contribution < -0.4 is 24.4 Å². The number of carbonyl (C=O) groups is 2. The van der Waals surface area contributed by atoms with E-state index < -0.39 is 18.0 Å². The first-order valence-electron chi connectivity index (χ1n) is 12.6. The maximum Gasteiger partial charge on any atom is 0.338 e. The lowest BCUT2D eigenvalue weighted by Crippen LogP contribution is -2.40. The lowest BCUT2D eigenvalue weighted by molar-refractivity contribution is -0.139. The number of nitrogens with zero attached hydrogens (tertiary/aromatic N) is 2. The molecule has 11 heteroatoms. The van der Waals surface area contributed by atoms with Crippen LogP contribution in [0.4, 0.5) is 0 Å². The summed E-state index contributed by atoms with van der Waals surface area (Å²) in [7, 11) is 3.04. The number of carboxylic acid groups (broad SMARTS) is 1. The van der Waals surface area contributed by atoms with E-state index >= 15 is 0 Å². The van der Waals surface area contributed by atoms with Gasteiger partial charge in [0.2, 0.25) is 0 Å². The largest absolute Gasteiger partial charge is 0.497 e. The Labute approximate surface area is 238 Å². The Balaban J connectivity index is 1.66. The highest BCUT2D eigenvalue weighted by molar-refractivity contribution is 7.07. The van der Waals surface area contributed by atoms with Crippen LogP contribution in [0.15, 0.2) is 80.1 Å². The Kier molecular flexibility index (Phi) is 7.62. The molecule has 2 aromatic carbocycles. The van der Waals surface area contributed by atoms with Gasteiger partial charge in [-0.15, -0.1) is 0 Å². The van der Waals surface area contributed by atoms with Gasteiger partial charge in [0.1, 0.15) is 29.1 Å². The van der Waals surface area contributed by atoms with Crippen molar-refractivity contribution in [2.24, 2.45) is 4.99 Å². The minimum absolute atomic E-state index is 0.134. The lowest BCUT2D eigenvalue weighted by Gasteiger charge is -2.26. The molecule has 1 aliphatic heterocycles. The molecule has 5 rings (SSSR count). The highest BCUT2D eigenvalue weighted by Crippen LogP contribution is 2.37. The number of aromatic nitrogens is 1. The van der Waals surface area contributed by atoms with E-state index in [4.69, 9.17) is 18.6 Å². The average molecular weight is 575 g/mol. The number of fused-ring (bicyclic) bond motifs is 1. The quantitative estimate of drug-likeness (QED) is 0.315. The number of thiazole rings is 1. The molecular formula is C30H26N2O8S.